The summed E-state index contributed by atoms with van der Waals surface area (Å²) in [5, 5.41) is 24.5. The number of nitrogens with zero attached hydrogens (tertiary/aromatic N) is 7. The Bertz CT molecular complexity index is 2480. The summed E-state index contributed by atoms with van der Waals surface area (Å²) in [5.74, 6) is 1.57. The number of carbonyl (C=O) groups is 3. The number of piperazine rings is 1. The van der Waals surface area contributed by atoms with E-state index in [0.717, 1.165) is 90.9 Å². The van der Waals surface area contributed by atoms with Crippen molar-refractivity contribution in [2.75, 3.05) is 107 Å². The third kappa shape index (κ3) is 14.1. The highest BCUT2D eigenvalue weighted by molar-refractivity contribution is 8.00. The van der Waals surface area contributed by atoms with Crippen LogP contribution in [0, 0.1) is 11.3 Å². The summed E-state index contributed by atoms with van der Waals surface area (Å²) in [6.07, 6.45) is 8.19. The lowest BCUT2D eigenvalue weighted by atomic mass is 10.0. The number of fused-ring (bicyclic) bond motifs is 3. The van der Waals surface area contributed by atoms with Crippen molar-refractivity contribution in [3.63, 3.8) is 0 Å². The number of ether oxygens (including phenoxy) is 3. The molecule has 0 spiro atoms. The van der Waals surface area contributed by atoms with E-state index in [-0.39, 0.29) is 61.4 Å². The number of carbonyl (C=O) groups excluding carboxylic acids is 3. The average molecular weight is 1040 g/mol. The third-order valence-electron chi connectivity index (χ3n) is 14.0. The first-order valence-electron chi connectivity index (χ1n) is 25.1. The number of halogens is 1. The number of benzene rings is 2. The molecule has 0 bridgehead atoms. The maximum Gasteiger partial charge on any atom is 0.318 e. The number of unbranched alkanes of at least 4 members (excludes halogenated alkanes) is 1. The first kappa shape index (κ1) is 52.6. The predicted octanol–water partition coefficient (Wildman–Crippen LogP) is 3.82. The van der Waals surface area contributed by atoms with Crippen LogP contribution in [0.25, 0.3) is 10.8 Å². The van der Waals surface area contributed by atoms with Gasteiger partial charge in [-0.25, -0.2) is 13.2 Å². The number of nitrogens with one attached hydrogen (secondary N) is 4. The van der Waals surface area contributed by atoms with Gasteiger partial charge in [0, 0.05) is 98.9 Å². The Morgan fingerprint density at radius 2 is 1.72 bits per heavy atom. The molecule has 19 nitrogen and oxygen atoms in total. The van der Waals surface area contributed by atoms with E-state index in [1.807, 2.05) is 30.0 Å². The summed E-state index contributed by atoms with van der Waals surface area (Å²) in [5.41, 5.74) is 2.88. The second-order valence-corrected chi connectivity index (χ2v) is 22.5. The molecule has 5 atom stereocenters. The molecule has 8 rings (SSSR count). The van der Waals surface area contributed by atoms with Crippen molar-refractivity contribution in [1.82, 2.24) is 40.4 Å². The standard InChI is InChI=1S/C49H68ClN11O8S2/c1-71(65,66)61-25-24-60(30-35(61)15-18-51)47-37-16-23-59(41-12-5-9-34-8-4-11-38(50)45(34)41)31-39(37)55-49(57-47)69-32-36-10-6-21-58(36)22-7-26-67-27-17-44(63)53-20-29-68-28-19-52-43(62)14-3-2-13-42-46-40(33-70-42)54-48(64)56-46/h4-5,8-9,11-12,35-36,40,42,46H,2-3,6-7,10,13-17,19-33H2,1H3,(H,52,62)(H,53,63)(H2,54,56,64)/t35?,36?,40-,42-,46-/m0/s1. The van der Waals surface area contributed by atoms with E-state index in [1.54, 1.807) is 0 Å². The largest absolute Gasteiger partial charge is 0.462 e. The Morgan fingerprint density at radius 1 is 0.930 bits per heavy atom. The maximum absolute atomic E-state index is 12.7. The summed E-state index contributed by atoms with van der Waals surface area (Å²) >= 11 is 8.66. The number of aromatic nitrogens is 2. The highest BCUT2D eigenvalue weighted by atomic mass is 35.5. The number of thioether (sulfide) groups is 1. The Morgan fingerprint density at radius 3 is 2.52 bits per heavy atom. The first-order chi connectivity index (χ1) is 34.4. The van der Waals surface area contributed by atoms with Gasteiger partial charge in [-0.2, -0.15) is 31.3 Å². The lowest BCUT2D eigenvalue weighted by molar-refractivity contribution is -0.122. The molecular formula is C49H68ClN11O8S2. The highest BCUT2D eigenvalue weighted by Crippen LogP contribution is 2.38. The fraction of sp³-hybridized carbons (Fsp3) is 0.633. The molecule has 386 valence electrons. The zero-order valence-electron chi connectivity index (χ0n) is 40.6. The van der Waals surface area contributed by atoms with Crippen molar-refractivity contribution in [2.24, 2.45) is 0 Å². The van der Waals surface area contributed by atoms with Crippen molar-refractivity contribution >= 4 is 73.5 Å². The van der Waals surface area contributed by atoms with Gasteiger partial charge in [0.15, 0.2) is 0 Å². The summed E-state index contributed by atoms with van der Waals surface area (Å²) in [6.45, 7) is 6.76. The molecule has 0 radical (unpaired) electrons. The van der Waals surface area contributed by atoms with Crippen LogP contribution in [0.4, 0.5) is 16.3 Å². The Balaban J connectivity index is 0.739. The summed E-state index contributed by atoms with van der Waals surface area (Å²) in [6, 6.07) is 14.6. The monoisotopic (exact) mass is 1040 g/mol. The van der Waals surface area contributed by atoms with Crippen molar-refractivity contribution in [2.45, 2.75) is 100 Å². The molecule has 1 aromatic heterocycles. The van der Waals surface area contributed by atoms with Gasteiger partial charge < -0.3 is 45.3 Å². The van der Waals surface area contributed by atoms with Crippen molar-refractivity contribution in [1.29, 1.82) is 5.26 Å². The highest BCUT2D eigenvalue weighted by Gasteiger charge is 2.42. The average Bonchev–Trinajstić information content (AvgIpc) is 4.08. The van der Waals surface area contributed by atoms with E-state index in [1.165, 1.54) is 10.6 Å². The second-order valence-electron chi connectivity index (χ2n) is 18.9. The van der Waals surface area contributed by atoms with Gasteiger partial charge in [-0.1, -0.05) is 42.3 Å². The minimum Gasteiger partial charge on any atom is -0.462 e. The van der Waals surface area contributed by atoms with Gasteiger partial charge in [0.05, 0.1) is 74.0 Å². The van der Waals surface area contributed by atoms with Gasteiger partial charge in [0.1, 0.15) is 12.4 Å². The molecule has 4 N–H and O–H groups in total. The van der Waals surface area contributed by atoms with Crippen LogP contribution in [0.2, 0.25) is 5.02 Å². The number of hydrogen-bond donors (Lipinski definition) is 4. The Labute approximate surface area is 426 Å². The minimum absolute atomic E-state index is 0.00250. The molecule has 71 heavy (non-hydrogen) atoms. The number of amides is 4. The van der Waals surface area contributed by atoms with Crippen molar-refractivity contribution in [3.8, 4) is 12.1 Å². The summed E-state index contributed by atoms with van der Waals surface area (Å²) in [4.78, 5) is 53.0. The molecule has 3 aromatic rings. The number of rotatable bonds is 25. The number of likely N-dealkylation sites (tertiary alicyclic amines) is 1. The SMILES string of the molecule is CS(=O)(=O)N1CCN(c2nc(OCC3CCCN3CCCOCCC(=O)NCCOCCNC(=O)CCCC[C@@H]3SC[C@@H]4NC(=O)N[C@@H]43)nc3c2CCN(c2cccc4cccc(Cl)c24)C3)CC1CC#N. The first-order valence-corrected chi connectivity index (χ1v) is 28.4. The van der Waals surface area contributed by atoms with Crippen LogP contribution in [0.15, 0.2) is 36.4 Å². The number of hydrogen-bond acceptors (Lipinski definition) is 15. The van der Waals surface area contributed by atoms with E-state index in [9.17, 15) is 28.1 Å². The van der Waals surface area contributed by atoms with Crippen LogP contribution in [0.3, 0.4) is 0 Å². The van der Waals surface area contributed by atoms with Gasteiger partial charge in [0.25, 0.3) is 0 Å². The van der Waals surface area contributed by atoms with E-state index < -0.39 is 16.1 Å². The molecule has 0 aliphatic carbocycles. The quantitative estimate of drug-likeness (QED) is 0.0700. The number of anilines is 2. The van der Waals surface area contributed by atoms with Crippen molar-refractivity contribution in [3.05, 3.63) is 52.7 Å². The van der Waals surface area contributed by atoms with Gasteiger partial charge >= 0.3 is 12.0 Å². The molecule has 5 aliphatic rings. The molecule has 4 amide bonds. The molecule has 6 heterocycles. The molecule has 0 saturated carbocycles. The molecule has 5 aliphatic heterocycles. The van der Waals surface area contributed by atoms with Crippen LogP contribution in [-0.2, 0) is 42.1 Å². The van der Waals surface area contributed by atoms with Gasteiger partial charge in [-0.15, -0.1) is 0 Å². The molecule has 2 unspecified atom stereocenters. The predicted molar refractivity (Wildman–Crippen MR) is 274 cm³/mol. The van der Waals surface area contributed by atoms with Crippen LogP contribution in [0.5, 0.6) is 6.01 Å². The summed E-state index contributed by atoms with van der Waals surface area (Å²) < 4.78 is 44.7. The lowest BCUT2D eigenvalue weighted by Crippen LogP contribution is -2.55. The van der Waals surface area contributed by atoms with Gasteiger partial charge in [0.2, 0.25) is 21.8 Å². The van der Waals surface area contributed by atoms with E-state index in [2.05, 4.69) is 60.2 Å². The maximum atomic E-state index is 12.7. The van der Waals surface area contributed by atoms with E-state index in [4.69, 9.17) is 35.8 Å². The molecule has 2 aromatic carbocycles. The van der Waals surface area contributed by atoms with Gasteiger partial charge in [-0.3, -0.25) is 14.5 Å². The van der Waals surface area contributed by atoms with E-state index >= 15 is 0 Å². The van der Waals surface area contributed by atoms with Crippen molar-refractivity contribution < 1.29 is 37.0 Å². The topological polar surface area (TPSA) is 224 Å². The Hall–Kier alpha value is -4.69. The number of sulfonamides is 1. The fourth-order valence-electron chi connectivity index (χ4n) is 10.5. The third-order valence-corrected chi connectivity index (χ3v) is 17.2. The fourth-order valence-corrected chi connectivity index (χ4v) is 13.4. The van der Waals surface area contributed by atoms with Crippen LogP contribution >= 0.6 is 23.4 Å². The minimum atomic E-state index is -3.51. The van der Waals surface area contributed by atoms with E-state index in [0.29, 0.717) is 95.4 Å². The summed E-state index contributed by atoms with van der Waals surface area (Å²) in [7, 11) is -3.51. The normalized spacial score (nSPS) is 22.4. The lowest BCUT2D eigenvalue weighted by Gasteiger charge is -2.41. The van der Waals surface area contributed by atoms with Crippen LogP contribution in [0.1, 0.15) is 69.0 Å². The molecule has 4 fully saturated rings. The molecular weight excluding hydrogens is 970 g/mol. The Kier molecular flexibility index (Phi) is 18.8. The molecule has 4 saturated heterocycles. The number of nitriles is 1. The van der Waals surface area contributed by atoms with Crippen LogP contribution in [-0.4, -0.2) is 172 Å². The molecule has 22 heteroatoms. The zero-order valence-corrected chi connectivity index (χ0v) is 43.0. The zero-order chi connectivity index (χ0) is 49.7. The van der Waals surface area contributed by atoms with Gasteiger partial charge in [-0.05, 0) is 62.6 Å². The smallest absolute Gasteiger partial charge is 0.318 e. The van der Waals surface area contributed by atoms with Crippen LogP contribution < -0.4 is 35.8 Å². The second kappa shape index (κ2) is 25.3. The number of urea groups is 1.